The van der Waals surface area contributed by atoms with Gasteiger partial charge in [-0.25, -0.2) is 0 Å². The summed E-state index contributed by atoms with van der Waals surface area (Å²) in [5.74, 6) is 1.35. The molecule has 0 bridgehead atoms. The van der Waals surface area contributed by atoms with E-state index in [0.29, 0.717) is 24.9 Å². The van der Waals surface area contributed by atoms with Crippen molar-refractivity contribution < 1.29 is 9.53 Å². The van der Waals surface area contributed by atoms with E-state index in [9.17, 15) is 4.79 Å². The fourth-order valence-electron chi connectivity index (χ4n) is 2.57. The van der Waals surface area contributed by atoms with Gasteiger partial charge in [0.05, 0.1) is 6.61 Å². The van der Waals surface area contributed by atoms with Gasteiger partial charge < -0.3 is 10.1 Å². The Kier molecular flexibility index (Phi) is 3.76. The molecule has 2 fully saturated rings. The van der Waals surface area contributed by atoms with Gasteiger partial charge >= 0.3 is 0 Å². The van der Waals surface area contributed by atoms with E-state index in [2.05, 4.69) is 12.2 Å². The van der Waals surface area contributed by atoms with E-state index in [1.54, 1.807) is 0 Å². The number of carbonyl (C=O) groups is 1. The summed E-state index contributed by atoms with van der Waals surface area (Å²) in [5.41, 5.74) is 0. The number of rotatable bonds is 3. The standard InChI is InChI=1S/C12H21NO2/c1-9-2-4-13-11(6-9)7-12(14)10-3-5-15-8-10/h9-11,13H,2-8H2,1H3. The molecule has 0 aromatic heterocycles. The van der Waals surface area contributed by atoms with Crippen molar-refractivity contribution >= 4 is 5.78 Å². The molecule has 2 rings (SSSR count). The quantitative estimate of drug-likeness (QED) is 0.766. The molecule has 1 N–H and O–H groups in total. The summed E-state index contributed by atoms with van der Waals surface area (Å²) in [6.07, 6.45) is 4.04. The van der Waals surface area contributed by atoms with Crippen molar-refractivity contribution in [2.45, 2.75) is 38.6 Å². The highest BCUT2D eigenvalue weighted by atomic mass is 16.5. The molecular formula is C12H21NO2. The Labute approximate surface area is 91.6 Å². The van der Waals surface area contributed by atoms with Gasteiger partial charge in [-0.1, -0.05) is 6.92 Å². The lowest BCUT2D eigenvalue weighted by Crippen LogP contribution is -2.39. The first-order valence-electron chi connectivity index (χ1n) is 6.09. The zero-order valence-electron chi connectivity index (χ0n) is 9.50. The molecule has 2 heterocycles. The van der Waals surface area contributed by atoms with Crippen molar-refractivity contribution in [1.82, 2.24) is 5.32 Å². The number of hydrogen-bond acceptors (Lipinski definition) is 3. The van der Waals surface area contributed by atoms with Crippen molar-refractivity contribution in [2.75, 3.05) is 19.8 Å². The molecule has 0 amide bonds. The molecule has 3 unspecified atom stereocenters. The molecule has 15 heavy (non-hydrogen) atoms. The number of carbonyl (C=O) groups excluding carboxylic acids is 1. The van der Waals surface area contributed by atoms with Crippen LogP contribution < -0.4 is 5.32 Å². The molecule has 2 aliphatic heterocycles. The predicted molar refractivity (Wildman–Crippen MR) is 58.7 cm³/mol. The van der Waals surface area contributed by atoms with Gasteiger partial charge in [0.25, 0.3) is 0 Å². The first-order chi connectivity index (χ1) is 7.25. The van der Waals surface area contributed by atoms with Crippen LogP contribution in [0.25, 0.3) is 0 Å². The van der Waals surface area contributed by atoms with Gasteiger partial charge in [-0.2, -0.15) is 0 Å². The summed E-state index contributed by atoms with van der Waals surface area (Å²) >= 11 is 0. The van der Waals surface area contributed by atoms with E-state index in [4.69, 9.17) is 4.74 Å². The van der Waals surface area contributed by atoms with Crippen LogP contribution in [0.5, 0.6) is 0 Å². The zero-order valence-corrected chi connectivity index (χ0v) is 9.50. The van der Waals surface area contributed by atoms with Crippen LogP contribution in [0.4, 0.5) is 0 Å². The molecule has 0 aromatic rings. The Morgan fingerprint density at radius 2 is 2.33 bits per heavy atom. The topological polar surface area (TPSA) is 38.3 Å². The van der Waals surface area contributed by atoms with Gasteiger partial charge in [0.1, 0.15) is 5.78 Å². The fourth-order valence-corrected chi connectivity index (χ4v) is 2.57. The van der Waals surface area contributed by atoms with Gasteiger partial charge in [0.15, 0.2) is 0 Å². The number of ketones is 1. The normalized spacial score (nSPS) is 36.7. The first-order valence-corrected chi connectivity index (χ1v) is 6.09. The second-order valence-corrected chi connectivity index (χ2v) is 5.01. The summed E-state index contributed by atoms with van der Waals surface area (Å²) in [7, 11) is 0. The third kappa shape index (κ3) is 3.02. The van der Waals surface area contributed by atoms with Crippen molar-refractivity contribution in [2.24, 2.45) is 11.8 Å². The Morgan fingerprint density at radius 3 is 3.00 bits per heavy atom. The minimum Gasteiger partial charge on any atom is -0.381 e. The third-order valence-corrected chi connectivity index (χ3v) is 3.59. The number of ether oxygens (including phenoxy) is 1. The minimum atomic E-state index is 0.184. The van der Waals surface area contributed by atoms with Gasteiger partial charge in [-0.15, -0.1) is 0 Å². The van der Waals surface area contributed by atoms with Crippen LogP contribution in [-0.4, -0.2) is 31.6 Å². The molecular weight excluding hydrogens is 190 g/mol. The highest BCUT2D eigenvalue weighted by Crippen LogP contribution is 2.21. The molecule has 0 radical (unpaired) electrons. The Morgan fingerprint density at radius 1 is 1.47 bits per heavy atom. The highest BCUT2D eigenvalue weighted by Gasteiger charge is 2.27. The van der Waals surface area contributed by atoms with Crippen LogP contribution in [0.1, 0.15) is 32.6 Å². The van der Waals surface area contributed by atoms with Crippen molar-refractivity contribution in [1.29, 1.82) is 0 Å². The summed E-state index contributed by atoms with van der Waals surface area (Å²) < 4.78 is 5.25. The maximum absolute atomic E-state index is 11.9. The van der Waals surface area contributed by atoms with Crippen LogP contribution >= 0.6 is 0 Å². The maximum Gasteiger partial charge on any atom is 0.139 e. The molecule has 3 nitrogen and oxygen atoms in total. The molecule has 3 heteroatoms. The summed E-state index contributed by atoms with van der Waals surface area (Å²) in [5, 5.41) is 3.44. The number of hydrogen-bond donors (Lipinski definition) is 1. The summed E-state index contributed by atoms with van der Waals surface area (Å²) in [6, 6.07) is 0.418. The van der Waals surface area contributed by atoms with Crippen LogP contribution in [0, 0.1) is 11.8 Å². The second-order valence-electron chi connectivity index (χ2n) is 5.01. The third-order valence-electron chi connectivity index (χ3n) is 3.59. The average molecular weight is 211 g/mol. The van der Waals surface area contributed by atoms with Crippen LogP contribution in [0.3, 0.4) is 0 Å². The summed E-state index contributed by atoms with van der Waals surface area (Å²) in [4.78, 5) is 11.9. The molecule has 2 saturated heterocycles. The number of nitrogens with one attached hydrogen (secondary N) is 1. The zero-order chi connectivity index (χ0) is 10.7. The maximum atomic E-state index is 11.9. The minimum absolute atomic E-state index is 0.184. The molecule has 3 atom stereocenters. The lowest BCUT2D eigenvalue weighted by molar-refractivity contribution is -0.123. The van der Waals surface area contributed by atoms with Crippen LogP contribution in [0.15, 0.2) is 0 Å². The average Bonchev–Trinajstić information content (AvgIpc) is 2.70. The van der Waals surface area contributed by atoms with E-state index in [-0.39, 0.29) is 5.92 Å². The Balaban J connectivity index is 1.77. The van der Waals surface area contributed by atoms with Crippen LogP contribution in [0.2, 0.25) is 0 Å². The fraction of sp³-hybridized carbons (Fsp3) is 0.917. The smallest absolute Gasteiger partial charge is 0.139 e. The predicted octanol–water partition coefficient (Wildman–Crippen LogP) is 1.37. The van der Waals surface area contributed by atoms with Gasteiger partial charge in [-0.05, 0) is 31.7 Å². The van der Waals surface area contributed by atoms with E-state index in [0.717, 1.165) is 31.9 Å². The Bertz CT molecular complexity index is 224. The molecule has 0 spiro atoms. The number of piperidine rings is 1. The van der Waals surface area contributed by atoms with Crippen molar-refractivity contribution in [3.63, 3.8) is 0 Å². The van der Waals surface area contributed by atoms with Crippen LogP contribution in [-0.2, 0) is 9.53 Å². The number of Topliss-reactive ketones (excluding diaryl/α,β-unsaturated/α-hetero) is 1. The highest BCUT2D eigenvalue weighted by molar-refractivity contribution is 5.81. The van der Waals surface area contributed by atoms with E-state index < -0.39 is 0 Å². The molecule has 0 aromatic carbocycles. The molecule has 0 aliphatic carbocycles. The van der Waals surface area contributed by atoms with Crippen molar-refractivity contribution in [3.8, 4) is 0 Å². The second kappa shape index (κ2) is 5.08. The SMILES string of the molecule is CC1CCNC(CC(=O)C2CCOC2)C1. The van der Waals surface area contributed by atoms with E-state index in [1.165, 1.54) is 6.42 Å². The van der Waals surface area contributed by atoms with Gasteiger partial charge in [0, 0.05) is 25.0 Å². The van der Waals surface area contributed by atoms with Crippen molar-refractivity contribution in [3.05, 3.63) is 0 Å². The largest absolute Gasteiger partial charge is 0.381 e. The van der Waals surface area contributed by atoms with Gasteiger partial charge in [-0.3, -0.25) is 4.79 Å². The van der Waals surface area contributed by atoms with E-state index in [1.807, 2.05) is 0 Å². The molecule has 0 saturated carbocycles. The Hall–Kier alpha value is -0.410. The van der Waals surface area contributed by atoms with Gasteiger partial charge in [0.2, 0.25) is 0 Å². The molecule has 2 aliphatic rings. The summed E-state index contributed by atoms with van der Waals surface area (Å²) in [6.45, 7) is 4.77. The van der Waals surface area contributed by atoms with E-state index >= 15 is 0 Å². The molecule has 86 valence electrons. The lowest BCUT2D eigenvalue weighted by Gasteiger charge is -2.28. The first kappa shape index (κ1) is 11.1. The lowest BCUT2D eigenvalue weighted by atomic mass is 9.89. The monoisotopic (exact) mass is 211 g/mol.